The third-order valence-corrected chi connectivity index (χ3v) is 7.06. The highest BCUT2D eigenvalue weighted by molar-refractivity contribution is 7.48. The zero-order valence-electron chi connectivity index (χ0n) is 15.3. The van der Waals surface area contributed by atoms with E-state index >= 15 is 0 Å². The Bertz CT molecular complexity index is 867. The van der Waals surface area contributed by atoms with Crippen molar-refractivity contribution >= 4 is 20.1 Å². The summed E-state index contributed by atoms with van der Waals surface area (Å²) in [5.74, 6) is 0.391. The maximum absolute atomic E-state index is 10.5. The van der Waals surface area contributed by atoms with Crippen molar-refractivity contribution in [1.82, 2.24) is 4.68 Å². The van der Waals surface area contributed by atoms with Gasteiger partial charge in [0, 0.05) is 28.7 Å². The van der Waals surface area contributed by atoms with Gasteiger partial charge in [0.25, 0.3) is 0 Å². The van der Waals surface area contributed by atoms with Crippen molar-refractivity contribution in [2.24, 2.45) is 5.10 Å². The molecule has 3 aromatic rings. The van der Waals surface area contributed by atoms with Gasteiger partial charge >= 0.3 is 0 Å². The van der Waals surface area contributed by atoms with Crippen LogP contribution in [0.25, 0.3) is 0 Å². The van der Waals surface area contributed by atoms with Crippen molar-refractivity contribution in [3.05, 3.63) is 84.2 Å². The second-order valence-electron chi connectivity index (χ2n) is 6.33. The minimum Gasteiger partial charge on any atom is -0.508 e. The molecule has 26 heavy (non-hydrogen) atoms. The van der Waals surface area contributed by atoms with Crippen LogP contribution in [0.4, 0.5) is 0 Å². The maximum Gasteiger partial charge on any atom is 0.119 e. The van der Waals surface area contributed by atoms with Crippen LogP contribution in [0, 0.1) is 0 Å². The largest absolute Gasteiger partial charge is 0.508 e. The van der Waals surface area contributed by atoms with E-state index in [9.17, 15) is 5.11 Å². The third kappa shape index (κ3) is 3.89. The summed E-state index contributed by atoms with van der Waals surface area (Å²) in [6.45, 7) is 4.42. The Hall–Kier alpha value is -2.38. The number of aromatic hydroxyl groups is 1. The highest BCUT2D eigenvalue weighted by Gasteiger charge is 2.31. The molecule has 0 bridgehead atoms. The van der Waals surface area contributed by atoms with E-state index in [1.165, 1.54) is 5.30 Å². The first-order chi connectivity index (χ1) is 12.7. The number of phenols is 1. The molecule has 1 N–H and O–H groups in total. The van der Waals surface area contributed by atoms with E-state index in [2.05, 4.69) is 43.2 Å². The molecule has 0 aliphatic heterocycles. The number of hydrogen-bond acceptors (Lipinski definition) is 2. The number of para-hydroxylation sites is 1. The molecule has 0 radical (unpaired) electrons. The van der Waals surface area contributed by atoms with Crippen molar-refractivity contribution in [2.75, 3.05) is 0 Å². The summed E-state index contributed by atoms with van der Waals surface area (Å²) in [6.07, 6.45) is 7.71. The summed E-state index contributed by atoms with van der Waals surface area (Å²) < 4.78 is 1.80. The smallest absolute Gasteiger partial charge is 0.119 e. The van der Waals surface area contributed by atoms with Crippen LogP contribution in [0.5, 0.6) is 5.75 Å². The van der Waals surface area contributed by atoms with E-state index in [0.29, 0.717) is 14.3 Å². The molecule has 1 aromatic heterocycles. The van der Waals surface area contributed by atoms with E-state index in [1.807, 2.05) is 48.9 Å². The number of aromatic nitrogens is 1. The number of rotatable bonds is 7. The summed E-state index contributed by atoms with van der Waals surface area (Å²) in [5, 5.41) is 16.2. The van der Waals surface area contributed by atoms with E-state index in [1.54, 1.807) is 10.7 Å². The van der Waals surface area contributed by atoms with Crippen LogP contribution in [-0.4, -0.2) is 16.0 Å². The van der Waals surface area contributed by atoms with Crippen molar-refractivity contribution in [2.45, 2.75) is 31.8 Å². The van der Waals surface area contributed by atoms with Crippen LogP contribution in [-0.2, 0) is 5.16 Å². The molecule has 1 heterocycles. The molecule has 1 atom stereocenters. The summed E-state index contributed by atoms with van der Waals surface area (Å²) >= 11 is 0. The fourth-order valence-electron chi connectivity index (χ4n) is 3.27. The van der Waals surface area contributed by atoms with Crippen molar-refractivity contribution in [1.29, 1.82) is 0 Å². The van der Waals surface area contributed by atoms with Gasteiger partial charge in [-0.05, 0) is 36.3 Å². The Kier molecular flexibility index (Phi) is 5.90. The molecule has 3 rings (SSSR count). The summed E-state index contributed by atoms with van der Waals surface area (Å²) in [4.78, 5) is 0. The second kappa shape index (κ2) is 8.33. The fourth-order valence-corrected chi connectivity index (χ4v) is 4.95. The lowest BCUT2D eigenvalue weighted by Crippen LogP contribution is -2.23. The van der Waals surface area contributed by atoms with Gasteiger partial charge in [0.2, 0.25) is 0 Å². The highest BCUT2D eigenvalue weighted by Crippen LogP contribution is 2.49. The van der Waals surface area contributed by atoms with Gasteiger partial charge in [-0.1, -0.05) is 64.9 Å². The number of hydrogen-bond donors (Lipinski definition) is 1. The van der Waals surface area contributed by atoms with E-state index < -0.39 is 0 Å². The highest BCUT2D eigenvalue weighted by atomic mass is 31.1. The van der Waals surface area contributed by atoms with Gasteiger partial charge in [0.05, 0.1) is 6.21 Å². The van der Waals surface area contributed by atoms with Crippen LogP contribution in [0.3, 0.4) is 0 Å². The van der Waals surface area contributed by atoms with Gasteiger partial charge in [0.15, 0.2) is 0 Å². The Labute approximate surface area is 157 Å². The molecule has 3 nitrogen and oxygen atoms in total. The topological polar surface area (TPSA) is 37.5 Å². The summed E-state index contributed by atoms with van der Waals surface area (Å²) in [6, 6.07) is 20.1. The first-order valence-electron chi connectivity index (χ1n) is 9.01. The van der Waals surface area contributed by atoms with Crippen molar-refractivity contribution < 1.29 is 5.11 Å². The van der Waals surface area contributed by atoms with Crippen molar-refractivity contribution in [3.63, 3.8) is 0 Å². The van der Waals surface area contributed by atoms with Gasteiger partial charge in [-0.2, -0.15) is 5.10 Å². The molecule has 0 spiro atoms. The quantitative estimate of drug-likeness (QED) is 0.460. The molecule has 134 valence electrons. The minimum atomic E-state index is -0.0667. The molecule has 0 saturated carbocycles. The average molecular weight is 364 g/mol. The van der Waals surface area contributed by atoms with Gasteiger partial charge in [-0.3, -0.25) is 0 Å². The van der Waals surface area contributed by atoms with Crippen LogP contribution in [0.15, 0.2) is 78.2 Å². The van der Waals surface area contributed by atoms with Crippen LogP contribution < -0.4 is 5.30 Å². The van der Waals surface area contributed by atoms with Gasteiger partial charge < -0.3 is 5.11 Å². The lowest BCUT2D eigenvalue weighted by molar-refractivity contribution is 0.448. The molecule has 1 unspecified atom stereocenters. The Balaban J connectivity index is 1.97. The zero-order chi connectivity index (χ0) is 18.4. The predicted octanol–water partition coefficient (Wildman–Crippen LogP) is 5.10. The molecule has 4 heteroatoms. The molecular formula is C22H25N2OP. The van der Waals surface area contributed by atoms with E-state index in [0.717, 1.165) is 24.0 Å². The van der Waals surface area contributed by atoms with Crippen LogP contribution >= 0.6 is 8.58 Å². The molecule has 0 aliphatic rings. The number of benzene rings is 2. The van der Waals surface area contributed by atoms with Crippen molar-refractivity contribution in [3.8, 4) is 5.75 Å². The Morgan fingerprint density at radius 2 is 1.62 bits per heavy atom. The second-order valence-corrected chi connectivity index (χ2v) is 8.07. The van der Waals surface area contributed by atoms with Crippen LogP contribution in [0.2, 0.25) is 0 Å². The van der Waals surface area contributed by atoms with Crippen LogP contribution in [0.1, 0.15) is 37.8 Å². The molecular weight excluding hydrogens is 339 g/mol. The summed E-state index contributed by atoms with van der Waals surface area (Å²) in [7, 11) is 0.553. The first-order valence-corrected chi connectivity index (χ1v) is 10.0. The third-order valence-electron chi connectivity index (χ3n) is 4.88. The lowest BCUT2D eigenvalue weighted by atomic mass is 9.92. The molecule has 0 aliphatic carbocycles. The van der Waals surface area contributed by atoms with Gasteiger partial charge in [-0.15, -0.1) is 0 Å². The van der Waals surface area contributed by atoms with E-state index in [-0.39, 0.29) is 5.16 Å². The molecule has 2 aromatic carbocycles. The first kappa shape index (κ1) is 18.4. The number of nitrogens with zero attached hydrogens (tertiary/aromatic N) is 2. The number of phenolic OH excluding ortho intramolecular Hbond substituents is 1. The maximum atomic E-state index is 10.5. The lowest BCUT2D eigenvalue weighted by Gasteiger charge is -2.33. The zero-order valence-corrected chi connectivity index (χ0v) is 16.3. The normalized spacial score (nSPS) is 12.4. The molecule has 0 amide bonds. The molecule has 0 saturated heterocycles. The standard InChI is InChI=1S/C22H25N2OP/c1-3-22(4-2,19-12-6-7-13-20(19)25)26-21-14-8-5-11-18(21)17-23-24-15-9-10-16-24/h5-17,25-26H,3-4H2,1-2H3/b23-17+. The van der Waals surface area contributed by atoms with E-state index in [4.69, 9.17) is 0 Å². The Morgan fingerprint density at radius 3 is 2.31 bits per heavy atom. The van der Waals surface area contributed by atoms with Gasteiger partial charge in [0.1, 0.15) is 5.75 Å². The average Bonchev–Trinajstić information content (AvgIpc) is 3.20. The molecule has 0 fully saturated rings. The fraction of sp³-hybridized carbons (Fsp3) is 0.227. The predicted molar refractivity (Wildman–Crippen MR) is 112 cm³/mol. The SMILES string of the molecule is CCC(CC)(Pc1ccccc1/C=N/n1cccc1)c1ccccc1O. The summed E-state index contributed by atoms with van der Waals surface area (Å²) in [5.41, 5.74) is 2.17. The van der Waals surface area contributed by atoms with Gasteiger partial charge in [-0.25, -0.2) is 4.68 Å². The minimum absolute atomic E-state index is 0.0667. The Morgan fingerprint density at radius 1 is 0.962 bits per heavy atom. The monoisotopic (exact) mass is 364 g/mol.